The zero-order valence-corrected chi connectivity index (χ0v) is 8.06. The summed E-state index contributed by atoms with van der Waals surface area (Å²) >= 11 is 0. The van der Waals surface area contributed by atoms with Crippen LogP contribution in [0.3, 0.4) is 0 Å². The van der Waals surface area contributed by atoms with Crippen molar-refractivity contribution >= 4 is 7.60 Å². The Labute approximate surface area is 67.2 Å². The van der Waals surface area contributed by atoms with Gasteiger partial charge in [0.1, 0.15) is 0 Å². The normalized spacial score (nSPS) is 13.5. The van der Waals surface area contributed by atoms with Crippen molar-refractivity contribution in [3.63, 3.8) is 0 Å². The first-order valence-electron chi connectivity index (χ1n) is 3.50. The smallest absolute Gasteiger partial charge is 0.324 e. The molecule has 0 aromatic rings. The van der Waals surface area contributed by atoms with Gasteiger partial charge in [-0.25, -0.2) is 0 Å². The van der Waals surface area contributed by atoms with Crippen LogP contribution >= 0.6 is 7.60 Å². The lowest BCUT2D eigenvalue weighted by Crippen LogP contribution is -2.37. The lowest BCUT2D eigenvalue weighted by molar-refractivity contribution is 0.365. The second-order valence-corrected chi connectivity index (χ2v) is 5.34. The summed E-state index contributed by atoms with van der Waals surface area (Å²) in [4.78, 5) is 17.0. The number of rotatable bonds is 3. The maximum atomic E-state index is 10.4. The molecule has 5 heteroatoms. The zero-order chi connectivity index (χ0) is 9.12. The molecule has 4 nitrogen and oxygen atoms in total. The van der Waals surface area contributed by atoms with Gasteiger partial charge in [0.15, 0.2) is 0 Å². The molecule has 0 saturated heterocycles. The number of hydrogen-bond donors (Lipinski definition) is 3. The number of nitrogens with one attached hydrogen (secondary N) is 1. The third-order valence-corrected chi connectivity index (χ3v) is 1.86. The Balaban J connectivity index is 3.52. The average Bonchev–Trinajstić information content (AvgIpc) is 1.55. The van der Waals surface area contributed by atoms with E-state index < -0.39 is 7.60 Å². The third kappa shape index (κ3) is 10.1. The molecule has 0 aliphatic heterocycles. The van der Waals surface area contributed by atoms with E-state index in [1.54, 1.807) is 0 Å². The van der Waals surface area contributed by atoms with Gasteiger partial charge in [-0.3, -0.25) is 4.57 Å². The minimum atomic E-state index is -3.81. The summed E-state index contributed by atoms with van der Waals surface area (Å²) in [6, 6.07) is 0. The molecule has 0 saturated carbocycles. The van der Waals surface area contributed by atoms with Crippen LogP contribution in [0, 0.1) is 0 Å². The Kier molecular flexibility index (Phi) is 3.71. The maximum absolute atomic E-state index is 10.4. The van der Waals surface area contributed by atoms with Gasteiger partial charge in [0, 0.05) is 12.1 Å². The minimum Gasteiger partial charge on any atom is -0.324 e. The Morgan fingerprint density at radius 1 is 1.36 bits per heavy atom. The van der Waals surface area contributed by atoms with E-state index in [4.69, 9.17) is 9.79 Å². The Bertz CT molecular complexity index is 158. The standard InChI is InChI=1S/C6H16NO3P/c1-6(2,3)7-4-5-11(8,9)10/h7H,4-5H2,1-3H3,(H2,8,9,10). The molecule has 0 aliphatic carbocycles. The molecule has 0 unspecified atom stereocenters. The van der Waals surface area contributed by atoms with Gasteiger partial charge in [-0.2, -0.15) is 0 Å². The maximum Gasteiger partial charge on any atom is 0.326 e. The SMILES string of the molecule is CC(C)(C)NCCP(=O)(O)O. The van der Waals surface area contributed by atoms with Gasteiger partial charge < -0.3 is 15.1 Å². The van der Waals surface area contributed by atoms with Crippen LogP contribution in [0.15, 0.2) is 0 Å². The molecular formula is C6H16NO3P. The molecule has 0 heterocycles. The summed E-state index contributed by atoms with van der Waals surface area (Å²) in [6.45, 7) is 6.21. The summed E-state index contributed by atoms with van der Waals surface area (Å²) in [6.07, 6.45) is -0.0930. The van der Waals surface area contributed by atoms with E-state index in [9.17, 15) is 4.57 Å². The van der Waals surface area contributed by atoms with Crippen LogP contribution in [0.25, 0.3) is 0 Å². The van der Waals surface area contributed by atoms with Crippen molar-refractivity contribution in [1.29, 1.82) is 0 Å². The van der Waals surface area contributed by atoms with E-state index in [1.165, 1.54) is 0 Å². The molecule has 0 atom stereocenters. The van der Waals surface area contributed by atoms with E-state index in [2.05, 4.69) is 5.32 Å². The molecule has 0 amide bonds. The van der Waals surface area contributed by atoms with Crippen LogP contribution in [-0.2, 0) is 4.57 Å². The molecule has 0 aromatic heterocycles. The lowest BCUT2D eigenvalue weighted by atomic mass is 10.1. The molecule has 68 valence electrons. The average molecular weight is 181 g/mol. The van der Waals surface area contributed by atoms with Gasteiger partial charge in [0.05, 0.1) is 6.16 Å². The monoisotopic (exact) mass is 181 g/mol. The van der Waals surface area contributed by atoms with Gasteiger partial charge in [-0.1, -0.05) is 0 Å². The molecule has 0 rings (SSSR count). The minimum absolute atomic E-state index is 0.0742. The van der Waals surface area contributed by atoms with E-state index in [1.807, 2.05) is 20.8 Å². The third-order valence-electron chi connectivity index (χ3n) is 1.06. The molecule has 0 radical (unpaired) electrons. The van der Waals surface area contributed by atoms with Crippen molar-refractivity contribution in [2.45, 2.75) is 26.3 Å². The fraction of sp³-hybridized carbons (Fsp3) is 1.00. The first-order valence-corrected chi connectivity index (χ1v) is 5.30. The molecule has 0 bridgehead atoms. The Hall–Kier alpha value is 0.110. The van der Waals surface area contributed by atoms with Crippen molar-refractivity contribution in [1.82, 2.24) is 5.32 Å². The highest BCUT2D eigenvalue weighted by Gasteiger charge is 2.14. The van der Waals surface area contributed by atoms with E-state index in [-0.39, 0.29) is 11.7 Å². The first kappa shape index (κ1) is 11.1. The summed E-state index contributed by atoms with van der Waals surface area (Å²) in [7, 11) is -3.81. The van der Waals surface area contributed by atoms with Crippen molar-refractivity contribution in [3.05, 3.63) is 0 Å². The highest BCUT2D eigenvalue weighted by molar-refractivity contribution is 7.51. The highest BCUT2D eigenvalue weighted by Crippen LogP contribution is 2.32. The molecular weight excluding hydrogens is 165 g/mol. The van der Waals surface area contributed by atoms with Crippen LogP contribution in [0.5, 0.6) is 0 Å². The quantitative estimate of drug-likeness (QED) is 0.556. The molecule has 11 heavy (non-hydrogen) atoms. The van der Waals surface area contributed by atoms with Crippen molar-refractivity contribution < 1.29 is 14.4 Å². The van der Waals surface area contributed by atoms with Gasteiger partial charge in [-0.05, 0) is 20.8 Å². The topological polar surface area (TPSA) is 69.6 Å². The number of hydrogen-bond acceptors (Lipinski definition) is 2. The second-order valence-electron chi connectivity index (χ2n) is 3.57. The van der Waals surface area contributed by atoms with Gasteiger partial charge in [0.2, 0.25) is 0 Å². The van der Waals surface area contributed by atoms with Crippen molar-refractivity contribution in [2.24, 2.45) is 0 Å². The fourth-order valence-electron chi connectivity index (χ4n) is 0.577. The molecule has 0 fully saturated rings. The first-order chi connectivity index (χ1) is 4.71. The largest absolute Gasteiger partial charge is 0.326 e. The van der Waals surface area contributed by atoms with E-state index >= 15 is 0 Å². The summed E-state index contributed by atoms with van der Waals surface area (Å²) in [5.41, 5.74) is -0.0742. The van der Waals surface area contributed by atoms with Crippen LogP contribution in [0.4, 0.5) is 0 Å². The Morgan fingerprint density at radius 3 is 2.09 bits per heavy atom. The van der Waals surface area contributed by atoms with Crippen molar-refractivity contribution in [3.8, 4) is 0 Å². The summed E-state index contributed by atoms with van der Waals surface area (Å²) in [5.74, 6) is 0. The second kappa shape index (κ2) is 3.68. The van der Waals surface area contributed by atoms with Gasteiger partial charge >= 0.3 is 7.60 Å². The van der Waals surface area contributed by atoms with E-state index in [0.29, 0.717) is 6.54 Å². The molecule has 0 aliphatic rings. The van der Waals surface area contributed by atoms with Gasteiger partial charge in [0.25, 0.3) is 0 Å². The Morgan fingerprint density at radius 2 is 1.82 bits per heavy atom. The van der Waals surface area contributed by atoms with Crippen LogP contribution in [-0.4, -0.2) is 28.0 Å². The van der Waals surface area contributed by atoms with Crippen LogP contribution in [0.1, 0.15) is 20.8 Å². The molecule has 0 spiro atoms. The van der Waals surface area contributed by atoms with E-state index in [0.717, 1.165) is 0 Å². The fourth-order valence-corrected chi connectivity index (χ4v) is 0.980. The summed E-state index contributed by atoms with van der Waals surface area (Å²) < 4.78 is 10.4. The molecule has 0 aromatic carbocycles. The van der Waals surface area contributed by atoms with Crippen LogP contribution in [0.2, 0.25) is 0 Å². The molecule has 3 N–H and O–H groups in total. The van der Waals surface area contributed by atoms with Crippen LogP contribution < -0.4 is 5.32 Å². The lowest BCUT2D eigenvalue weighted by Gasteiger charge is -2.20. The van der Waals surface area contributed by atoms with Gasteiger partial charge in [-0.15, -0.1) is 0 Å². The highest BCUT2D eigenvalue weighted by atomic mass is 31.2. The van der Waals surface area contributed by atoms with Crippen molar-refractivity contribution in [2.75, 3.05) is 12.7 Å². The predicted molar refractivity (Wildman–Crippen MR) is 44.7 cm³/mol. The predicted octanol–water partition coefficient (Wildman–Crippen LogP) is 0.552. The summed E-state index contributed by atoms with van der Waals surface area (Å²) in [5, 5.41) is 2.99. The zero-order valence-electron chi connectivity index (χ0n) is 7.16.